The number of hydrogen-bond acceptors (Lipinski definition) is 4. The van der Waals surface area contributed by atoms with Crippen LogP contribution in [0.4, 0.5) is 0 Å². The topological polar surface area (TPSA) is 52.3 Å². The Morgan fingerprint density at radius 2 is 1.58 bits per heavy atom. The van der Waals surface area contributed by atoms with Crippen molar-refractivity contribution in [3.8, 4) is 28.0 Å². The van der Waals surface area contributed by atoms with Crippen LogP contribution in [0.2, 0.25) is 0 Å². The second kappa shape index (κ2) is 6.48. The van der Waals surface area contributed by atoms with Gasteiger partial charge in [-0.05, 0) is 17.2 Å². The first-order chi connectivity index (χ1) is 12.6. The molecular formula is C22H17NO3. The monoisotopic (exact) mass is 343 g/mol. The molecule has 0 aliphatic heterocycles. The Morgan fingerprint density at radius 3 is 2.19 bits per heavy atom. The fraction of sp³-hybridized carbons (Fsp3) is 0.0909. The van der Waals surface area contributed by atoms with E-state index in [9.17, 15) is 4.79 Å². The molecule has 4 nitrogen and oxygen atoms in total. The quantitative estimate of drug-likeness (QED) is 0.369. The molecule has 4 heteroatoms. The minimum Gasteiger partial charge on any atom is -0.440 e. The lowest BCUT2D eigenvalue weighted by atomic mass is 9.97. The molecule has 0 aliphatic rings. The summed E-state index contributed by atoms with van der Waals surface area (Å²) in [4.78, 5) is 16.3. The second-order valence-corrected chi connectivity index (χ2v) is 6.03. The summed E-state index contributed by atoms with van der Waals surface area (Å²) in [5.41, 5.74) is 4.86. The van der Waals surface area contributed by atoms with Gasteiger partial charge in [0.05, 0.1) is 5.56 Å². The van der Waals surface area contributed by atoms with Crippen LogP contribution in [0.15, 0.2) is 71.1 Å². The normalized spacial score (nSPS) is 10.8. The van der Waals surface area contributed by atoms with Gasteiger partial charge in [0.15, 0.2) is 11.5 Å². The Kier molecular flexibility index (Phi) is 4.01. The first-order valence-electron chi connectivity index (χ1n) is 8.37. The minimum absolute atomic E-state index is 0.374. The van der Waals surface area contributed by atoms with Crippen molar-refractivity contribution in [1.29, 1.82) is 0 Å². The molecule has 0 radical (unpaired) electrons. The van der Waals surface area contributed by atoms with E-state index in [0.717, 1.165) is 22.3 Å². The average Bonchev–Trinajstić information content (AvgIpc) is 3.03. The summed E-state index contributed by atoms with van der Waals surface area (Å²) in [5.74, 6) is 0.665. The van der Waals surface area contributed by atoms with Crippen molar-refractivity contribution in [2.24, 2.45) is 0 Å². The van der Waals surface area contributed by atoms with Crippen molar-refractivity contribution in [2.75, 3.05) is 0 Å². The van der Waals surface area contributed by atoms with Crippen molar-refractivity contribution < 1.29 is 13.9 Å². The highest BCUT2D eigenvalue weighted by Crippen LogP contribution is 2.42. The van der Waals surface area contributed by atoms with E-state index in [4.69, 9.17) is 9.15 Å². The molecule has 3 aromatic carbocycles. The molecule has 0 spiro atoms. The van der Waals surface area contributed by atoms with E-state index in [-0.39, 0.29) is 5.97 Å². The predicted molar refractivity (Wildman–Crippen MR) is 101 cm³/mol. The predicted octanol–water partition coefficient (Wildman–Crippen LogP) is 5.40. The van der Waals surface area contributed by atoms with Crippen LogP contribution in [0.5, 0.6) is 5.75 Å². The smallest absolute Gasteiger partial charge is 0.308 e. The van der Waals surface area contributed by atoms with Gasteiger partial charge in [-0.1, -0.05) is 60.7 Å². The SMILES string of the molecule is CC(=O)Oc1cc(-c2ccccc2)c2oc(C)nc2c1-c1ccccc1. The average molecular weight is 343 g/mol. The third-order valence-corrected chi connectivity index (χ3v) is 4.14. The fourth-order valence-electron chi connectivity index (χ4n) is 3.12. The van der Waals surface area contributed by atoms with Crippen molar-refractivity contribution >= 4 is 17.1 Å². The molecule has 1 aromatic heterocycles. The van der Waals surface area contributed by atoms with E-state index in [1.165, 1.54) is 6.92 Å². The molecule has 1 heterocycles. The molecule has 0 unspecified atom stereocenters. The summed E-state index contributed by atoms with van der Waals surface area (Å²) in [6.45, 7) is 3.21. The van der Waals surface area contributed by atoms with Crippen LogP contribution in [-0.4, -0.2) is 11.0 Å². The summed E-state index contributed by atoms with van der Waals surface area (Å²) in [6.07, 6.45) is 0. The molecule has 0 fully saturated rings. The molecule has 0 saturated heterocycles. The molecule has 0 atom stereocenters. The second-order valence-electron chi connectivity index (χ2n) is 6.03. The molecule has 4 aromatic rings. The number of nitrogens with zero attached hydrogens (tertiary/aromatic N) is 1. The van der Waals surface area contributed by atoms with Gasteiger partial charge >= 0.3 is 5.97 Å². The lowest BCUT2D eigenvalue weighted by molar-refractivity contribution is -0.131. The molecule has 26 heavy (non-hydrogen) atoms. The number of rotatable bonds is 3. The number of esters is 1. The maximum absolute atomic E-state index is 11.7. The van der Waals surface area contributed by atoms with Crippen LogP contribution in [-0.2, 0) is 4.79 Å². The number of aromatic nitrogens is 1. The van der Waals surface area contributed by atoms with E-state index in [1.807, 2.05) is 73.7 Å². The summed E-state index contributed by atoms with van der Waals surface area (Å²) in [6, 6.07) is 21.5. The Labute approximate surface area is 151 Å². The van der Waals surface area contributed by atoms with Crippen molar-refractivity contribution in [3.05, 3.63) is 72.6 Å². The Bertz CT molecular complexity index is 1080. The number of ether oxygens (including phenoxy) is 1. The van der Waals surface area contributed by atoms with E-state index in [0.29, 0.717) is 22.7 Å². The highest BCUT2D eigenvalue weighted by molar-refractivity contribution is 6.03. The van der Waals surface area contributed by atoms with Gasteiger partial charge in [0, 0.05) is 19.4 Å². The van der Waals surface area contributed by atoms with Gasteiger partial charge in [0.2, 0.25) is 0 Å². The van der Waals surface area contributed by atoms with Gasteiger partial charge < -0.3 is 9.15 Å². The van der Waals surface area contributed by atoms with Crippen LogP contribution in [0, 0.1) is 6.92 Å². The summed E-state index contributed by atoms with van der Waals surface area (Å²) in [7, 11) is 0. The van der Waals surface area contributed by atoms with E-state index in [2.05, 4.69) is 4.98 Å². The van der Waals surface area contributed by atoms with Crippen LogP contribution < -0.4 is 4.74 Å². The maximum atomic E-state index is 11.7. The first kappa shape index (κ1) is 16.1. The number of oxazole rings is 1. The number of hydrogen-bond donors (Lipinski definition) is 0. The molecule has 0 amide bonds. The zero-order valence-corrected chi connectivity index (χ0v) is 14.5. The number of carbonyl (C=O) groups excluding carboxylic acids is 1. The number of carbonyl (C=O) groups is 1. The summed E-state index contributed by atoms with van der Waals surface area (Å²) >= 11 is 0. The van der Waals surface area contributed by atoms with Crippen LogP contribution in [0.3, 0.4) is 0 Å². The largest absolute Gasteiger partial charge is 0.440 e. The van der Waals surface area contributed by atoms with Crippen molar-refractivity contribution in [3.63, 3.8) is 0 Å². The van der Waals surface area contributed by atoms with Gasteiger partial charge in [0.1, 0.15) is 11.3 Å². The molecule has 0 N–H and O–H groups in total. The number of fused-ring (bicyclic) bond motifs is 1. The van der Waals surface area contributed by atoms with Crippen LogP contribution >= 0.6 is 0 Å². The third-order valence-electron chi connectivity index (χ3n) is 4.14. The lowest BCUT2D eigenvalue weighted by Crippen LogP contribution is -2.03. The van der Waals surface area contributed by atoms with Crippen molar-refractivity contribution in [2.45, 2.75) is 13.8 Å². The minimum atomic E-state index is -0.374. The third kappa shape index (κ3) is 2.86. The van der Waals surface area contributed by atoms with Gasteiger partial charge in [-0.25, -0.2) is 4.98 Å². The molecule has 128 valence electrons. The van der Waals surface area contributed by atoms with Gasteiger partial charge in [-0.15, -0.1) is 0 Å². The summed E-state index contributed by atoms with van der Waals surface area (Å²) in [5, 5.41) is 0. The summed E-state index contributed by atoms with van der Waals surface area (Å²) < 4.78 is 11.5. The fourth-order valence-corrected chi connectivity index (χ4v) is 3.12. The van der Waals surface area contributed by atoms with Crippen molar-refractivity contribution in [1.82, 2.24) is 4.98 Å². The van der Waals surface area contributed by atoms with E-state index >= 15 is 0 Å². The highest BCUT2D eigenvalue weighted by Gasteiger charge is 2.21. The number of aryl methyl sites for hydroxylation is 1. The molecular weight excluding hydrogens is 326 g/mol. The molecule has 4 rings (SSSR count). The van der Waals surface area contributed by atoms with Gasteiger partial charge in [-0.3, -0.25) is 4.79 Å². The van der Waals surface area contributed by atoms with E-state index in [1.54, 1.807) is 0 Å². The maximum Gasteiger partial charge on any atom is 0.308 e. The zero-order chi connectivity index (χ0) is 18.1. The zero-order valence-electron chi connectivity index (χ0n) is 14.5. The Balaban J connectivity index is 2.09. The van der Waals surface area contributed by atoms with E-state index < -0.39 is 0 Å². The Hall–Kier alpha value is -3.40. The molecule has 0 aliphatic carbocycles. The first-order valence-corrected chi connectivity index (χ1v) is 8.37. The lowest BCUT2D eigenvalue weighted by Gasteiger charge is -2.13. The van der Waals surface area contributed by atoms with Gasteiger partial charge in [-0.2, -0.15) is 0 Å². The standard InChI is InChI=1S/C22H17NO3/c1-14-23-21-20(17-11-7-4-8-12-17)19(26-15(2)24)13-18(22(21)25-14)16-9-5-3-6-10-16/h3-13H,1-2H3. The van der Waals surface area contributed by atoms with Gasteiger partial charge in [0.25, 0.3) is 0 Å². The molecule has 0 bridgehead atoms. The Morgan fingerprint density at radius 1 is 0.962 bits per heavy atom. The number of benzene rings is 3. The highest BCUT2D eigenvalue weighted by atomic mass is 16.5. The van der Waals surface area contributed by atoms with Crippen LogP contribution in [0.25, 0.3) is 33.4 Å². The van der Waals surface area contributed by atoms with Crippen LogP contribution in [0.1, 0.15) is 12.8 Å². The molecule has 0 saturated carbocycles.